The van der Waals surface area contributed by atoms with Gasteiger partial charge in [-0.25, -0.2) is 4.79 Å². The van der Waals surface area contributed by atoms with Gasteiger partial charge in [0.15, 0.2) is 0 Å². The topological polar surface area (TPSA) is 75.5 Å². The van der Waals surface area contributed by atoms with E-state index in [1.165, 1.54) is 23.5 Å². The molecule has 6 nitrogen and oxygen atoms in total. The van der Waals surface area contributed by atoms with E-state index >= 15 is 0 Å². The third kappa shape index (κ3) is 2.56. The molecule has 1 N–H and O–H groups in total. The van der Waals surface area contributed by atoms with E-state index in [9.17, 15) is 13.2 Å². The summed E-state index contributed by atoms with van der Waals surface area (Å²) in [5.41, 5.74) is 0.423. The summed E-state index contributed by atoms with van der Waals surface area (Å²) in [6, 6.07) is 6.31. The molecule has 1 fully saturated rings. The lowest BCUT2D eigenvalue weighted by molar-refractivity contribution is 0.0602. The normalized spacial score (nSPS) is 15.4. The minimum atomic E-state index is -3.53. The van der Waals surface area contributed by atoms with Crippen molar-refractivity contribution in [3.63, 3.8) is 0 Å². The third-order valence-electron chi connectivity index (χ3n) is 2.32. The SMILES string of the molecule is COC(=O)c1ccccc1NS(=O)(=O)N1CC1. The summed E-state index contributed by atoms with van der Waals surface area (Å²) in [7, 11) is -2.28. The summed E-state index contributed by atoms with van der Waals surface area (Å²) in [5.74, 6) is -0.575. The Morgan fingerprint density at radius 1 is 1.35 bits per heavy atom. The van der Waals surface area contributed by atoms with Crippen LogP contribution in [-0.4, -0.2) is 38.9 Å². The maximum atomic E-state index is 11.7. The van der Waals surface area contributed by atoms with Crippen LogP contribution in [0.25, 0.3) is 0 Å². The molecule has 0 radical (unpaired) electrons. The van der Waals surface area contributed by atoms with Gasteiger partial charge >= 0.3 is 16.2 Å². The number of benzene rings is 1. The van der Waals surface area contributed by atoms with Gasteiger partial charge in [0.2, 0.25) is 0 Å². The van der Waals surface area contributed by atoms with E-state index in [-0.39, 0.29) is 11.3 Å². The predicted molar refractivity (Wildman–Crippen MR) is 61.9 cm³/mol. The molecule has 92 valence electrons. The van der Waals surface area contributed by atoms with Gasteiger partial charge in [0.1, 0.15) is 0 Å². The number of hydrogen-bond donors (Lipinski definition) is 1. The molecular weight excluding hydrogens is 244 g/mol. The number of hydrogen-bond acceptors (Lipinski definition) is 4. The first-order chi connectivity index (χ1) is 8.04. The molecule has 1 aromatic carbocycles. The zero-order valence-electron chi connectivity index (χ0n) is 9.21. The van der Waals surface area contributed by atoms with Crippen molar-refractivity contribution in [1.29, 1.82) is 0 Å². The van der Waals surface area contributed by atoms with Gasteiger partial charge in [-0.1, -0.05) is 12.1 Å². The number of methoxy groups -OCH3 is 1. The van der Waals surface area contributed by atoms with E-state index < -0.39 is 16.2 Å². The smallest absolute Gasteiger partial charge is 0.339 e. The Bertz CT molecular complexity index is 537. The molecule has 0 bridgehead atoms. The van der Waals surface area contributed by atoms with Crippen molar-refractivity contribution in [2.45, 2.75) is 0 Å². The van der Waals surface area contributed by atoms with Gasteiger partial charge in [0, 0.05) is 13.1 Å². The molecule has 1 aliphatic rings. The van der Waals surface area contributed by atoms with E-state index in [0.29, 0.717) is 13.1 Å². The highest BCUT2D eigenvalue weighted by Gasteiger charge is 2.32. The van der Waals surface area contributed by atoms with Gasteiger partial charge in [0.25, 0.3) is 0 Å². The zero-order valence-corrected chi connectivity index (χ0v) is 10.0. The van der Waals surface area contributed by atoms with Crippen LogP contribution in [0.15, 0.2) is 24.3 Å². The molecule has 0 saturated carbocycles. The standard InChI is InChI=1S/C10H12N2O4S/c1-16-10(13)8-4-2-3-5-9(8)11-17(14,15)12-6-7-12/h2-5,11H,6-7H2,1H3. The monoisotopic (exact) mass is 256 g/mol. The number of carbonyl (C=O) groups excluding carboxylic acids is 1. The van der Waals surface area contributed by atoms with E-state index in [1.54, 1.807) is 12.1 Å². The van der Waals surface area contributed by atoms with Crippen LogP contribution in [0.5, 0.6) is 0 Å². The quantitative estimate of drug-likeness (QED) is 0.626. The summed E-state index contributed by atoms with van der Waals surface area (Å²) in [6.07, 6.45) is 0. The molecule has 17 heavy (non-hydrogen) atoms. The predicted octanol–water partition coefficient (Wildman–Crippen LogP) is 0.445. The van der Waals surface area contributed by atoms with Gasteiger partial charge in [-0.15, -0.1) is 0 Å². The number of esters is 1. The largest absolute Gasteiger partial charge is 0.465 e. The molecule has 0 aliphatic carbocycles. The minimum absolute atomic E-state index is 0.195. The van der Waals surface area contributed by atoms with Crippen LogP contribution in [0.2, 0.25) is 0 Å². The number of rotatable bonds is 4. The zero-order chi connectivity index (χ0) is 12.5. The van der Waals surface area contributed by atoms with E-state index in [2.05, 4.69) is 9.46 Å². The van der Waals surface area contributed by atoms with Crippen LogP contribution >= 0.6 is 0 Å². The molecule has 0 atom stereocenters. The van der Waals surface area contributed by atoms with E-state index in [0.717, 1.165) is 0 Å². The second-order valence-electron chi connectivity index (χ2n) is 3.54. The third-order valence-corrected chi connectivity index (χ3v) is 3.84. The van der Waals surface area contributed by atoms with Gasteiger partial charge in [-0.05, 0) is 12.1 Å². The van der Waals surface area contributed by atoms with Gasteiger partial charge in [-0.2, -0.15) is 12.7 Å². The summed E-state index contributed by atoms with van der Waals surface area (Å²) in [4.78, 5) is 11.4. The van der Waals surface area contributed by atoms with Crippen molar-refractivity contribution in [1.82, 2.24) is 4.31 Å². The van der Waals surface area contributed by atoms with E-state index in [4.69, 9.17) is 0 Å². The van der Waals surface area contributed by atoms with Crippen molar-refractivity contribution in [2.24, 2.45) is 0 Å². The van der Waals surface area contributed by atoms with Gasteiger partial charge < -0.3 is 4.74 Å². The van der Waals surface area contributed by atoms with Crippen molar-refractivity contribution in [3.05, 3.63) is 29.8 Å². The van der Waals surface area contributed by atoms with Crippen LogP contribution in [0, 0.1) is 0 Å². The minimum Gasteiger partial charge on any atom is -0.465 e. The Hall–Kier alpha value is -1.60. The number of nitrogens with one attached hydrogen (secondary N) is 1. The molecule has 1 heterocycles. The molecule has 0 aromatic heterocycles. The van der Waals surface area contributed by atoms with Crippen molar-refractivity contribution >= 4 is 21.9 Å². The molecule has 1 saturated heterocycles. The number of nitrogens with zero attached hydrogens (tertiary/aromatic N) is 1. The molecule has 1 aromatic rings. The van der Waals surface area contributed by atoms with Gasteiger partial charge in [-0.3, -0.25) is 4.72 Å². The van der Waals surface area contributed by atoms with Crippen molar-refractivity contribution < 1.29 is 17.9 Å². The van der Waals surface area contributed by atoms with Crippen LogP contribution in [-0.2, 0) is 14.9 Å². The van der Waals surface area contributed by atoms with E-state index in [1.807, 2.05) is 0 Å². The first-order valence-corrected chi connectivity index (χ1v) is 6.44. The molecule has 0 unspecified atom stereocenters. The average molecular weight is 256 g/mol. The maximum absolute atomic E-state index is 11.7. The second-order valence-corrected chi connectivity index (χ2v) is 5.21. The summed E-state index contributed by atoms with van der Waals surface area (Å²) >= 11 is 0. The van der Waals surface area contributed by atoms with Crippen LogP contribution < -0.4 is 4.72 Å². The summed E-state index contributed by atoms with van der Waals surface area (Å²) in [6.45, 7) is 1.02. The molecule has 2 rings (SSSR count). The summed E-state index contributed by atoms with van der Waals surface area (Å²) in [5, 5.41) is 0. The number of carbonyl (C=O) groups is 1. The fraction of sp³-hybridized carbons (Fsp3) is 0.300. The Morgan fingerprint density at radius 2 is 2.00 bits per heavy atom. The number of para-hydroxylation sites is 1. The highest BCUT2D eigenvalue weighted by atomic mass is 32.2. The lowest BCUT2D eigenvalue weighted by Gasteiger charge is -2.11. The fourth-order valence-electron chi connectivity index (χ4n) is 1.34. The molecule has 0 amide bonds. The first kappa shape index (κ1) is 11.9. The average Bonchev–Trinajstić information content (AvgIpc) is 3.12. The van der Waals surface area contributed by atoms with Crippen molar-refractivity contribution in [2.75, 3.05) is 24.9 Å². The van der Waals surface area contributed by atoms with Gasteiger partial charge in [0.05, 0.1) is 18.4 Å². The molecule has 1 aliphatic heterocycles. The highest BCUT2D eigenvalue weighted by Crippen LogP contribution is 2.21. The van der Waals surface area contributed by atoms with Crippen LogP contribution in [0.3, 0.4) is 0 Å². The lowest BCUT2D eigenvalue weighted by atomic mass is 10.2. The second kappa shape index (κ2) is 4.34. The Morgan fingerprint density at radius 3 is 2.59 bits per heavy atom. The maximum Gasteiger partial charge on any atom is 0.339 e. The number of ether oxygens (including phenoxy) is 1. The van der Waals surface area contributed by atoms with Crippen LogP contribution in [0.1, 0.15) is 10.4 Å². The Balaban J connectivity index is 2.29. The fourth-order valence-corrected chi connectivity index (χ4v) is 2.49. The van der Waals surface area contributed by atoms with Crippen LogP contribution in [0.4, 0.5) is 5.69 Å². The Kier molecular flexibility index (Phi) is 3.03. The highest BCUT2D eigenvalue weighted by molar-refractivity contribution is 7.90. The molecule has 7 heteroatoms. The van der Waals surface area contributed by atoms with Crippen molar-refractivity contribution in [3.8, 4) is 0 Å². The molecular formula is C10H12N2O4S. The number of anilines is 1. The lowest BCUT2D eigenvalue weighted by Crippen LogP contribution is -2.22. The first-order valence-electron chi connectivity index (χ1n) is 5.00. The summed E-state index contributed by atoms with van der Waals surface area (Å²) < 4.78 is 31.6. The Labute approximate surface area is 99.4 Å². The molecule has 0 spiro atoms.